The van der Waals surface area contributed by atoms with Crippen LogP contribution in [-0.4, -0.2) is 33.4 Å². The molecular formula is C25H23NO5. The van der Waals surface area contributed by atoms with E-state index in [-0.39, 0.29) is 11.2 Å². The van der Waals surface area contributed by atoms with Crippen LogP contribution in [0, 0.1) is 0 Å². The monoisotopic (exact) mass is 417 g/mol. The third-order valence-corrected chi connectivity index (χ3v) is 5.19. The van der Waals surface area contributed by atoms with Gasteiger partial charge >= 0.3 is 0 Å². The van der Waals surface area contributed by atoms with Gasteiger partial charge in [0.2, 0.25) is 0 Å². The van der Waals surface area contributed by atoms with Crippen molar-refractivity contribution >= 4 is 16.7 Å². The van der Waals surface area contributed by atoms with Crippen LogP contribution in [0.2, 0.25) is 0 Å². The van der Waals surface area contributed by atoms with Crippen LogP contribution in [0.5, 0.6) is 17.2 Å². The predicted molar refractivity (Wildman–Crippen MR) is 122 cm³/mol. The highest BCUT2D eigenvalue weighted by Crippen LogP contribution is 2.42. The van der Waals surface area contributed by atoms with Gasteiger partial charge in [-0.1, -0.05) is 12.1 Å². The highest BCUT2D eigenvalue weighted by molar-refractivity contribution is 6.00. The Kier molecular flexibility index (Phi) is 5.29. The second-order valence-electron chi connectivity index (χ2n) is 7.32. The third-order valence-electron chi connectivity index (χ3n) is 5.19. The second kappa shape index (κ2) is 8.07. The molecule has 3 aromatic carbocycles. The number of phenolic OH excluding ortho intramolecular Hbond substituents is 1. The molecule has 6 heteroatoms. The van der Waals surface area contributed by atoms with Gasteiger partial charge in [0.1, 0.15) is 28.4 Å². The average Bonchev–Trinajstić information content (AvgIpc) is 2.78. The van der Waals surface area contributed by atoms with Crippen molar-refractivity contribution in [1.29, 1.82) is 0 Å². The maximum Gasteiger partial charge on any atom is 0.197 e. The van der Waals surface area contributed by atoms with Gasteiger partial charge in [-0.05, 0) is 42.0 Å². The Balaban J connectivity index is 2.05. The van der Waals surface area contributed by atoms with Crippen LogP contribution in [0.25, 0.3) is 33.4 Å². The molecule has 0 aliphatic heterocycles. The van der Waals surface area contributed by atoms with Crippen LogP contribution >= 0.6 is 0 Å². The highest BCUT2D eigenvalue weighted by Gasteiger charge is 2.21. The Morgan fingerprint density at radius 3 is 2.03 bits per heavy atom. The number of phenols is 1. The Hall–Kier alpha value is -3.93. The van der Waals surface area contributed by atoms with Crippen molar-refractivity contribution in [2.75, 3.05) is 33.2 Å². The Bertz CT molecular complexity index is 1290. The molecule has 4 rings (SSSR count). The highest BCUT2D eigenvalue weighted by atomic mass is 16.5. The lowest BCUT2D eigenvalue weighted by atomic mass is 9.99. The van der Waals surface area contributed by atoms with Crippen LogP contribution in [0.1, 0.15) is 0 Å². The molecule has 0 unspecified atom stereocenters. The zero-order chi connectivity index (χ0) is 22.1. The number of nitrogens with zero attached hydrogens (tertiary/aromatic N) is 1. The van der Waals surface area contributed by atoms with Gasteiger partial charge < -0.3 is 23.9 Å². The normalized spacial score (nSPS) is 10.8. The van der Waals surface area contributed by atoms with E-state index in [9.17, 15) is 9.90 Å². The standard InChI is InChI=1S/C25H23NO5/c1-26(2)17-9-5-16(6-10-17)23-21(29-3)14-22(30-4)24-19(28)13-20(31-25(23)24)15-7-11-18(27)12-8-15/h5-14,27H,1-4H3. The summed E-state index contributed by atoms with van der Waals surface area (Å²) < 4.78 is 17.4. The van der Waals surface area contributed by atoms with E-state index in [2.05, 4.69) is 0 Å². The van der Waals surface area contributed by atoms with Gasteiger partial charge in [-0.3, -0.25) is 4.79 Å². The molecule has 0 fully saturated rings. The minimum atomic E-state index is -0.227. The molecule has 0 amide bonds. The maximum absolute atomic E-state index is 13.1. The number of rotatable bonds is 5. The number of aromatic hydroxyl groups is 1. The molecule has 0 saturated carbocycles. The SMILES string of the molecule is COc1cc(OC)c2c(=O)cc(-c3ccc(O)cc3)oc2c1-c1ccc(N(C)C)cc1. The number of fused-ring (bicyclic) bond motifs is 1. The lowest BCUT2D eigenvalue weighted by molar-refractivity contribution is 0.397. The molecule has 1 aromatic heterocycles. The Morgan fingerprint density at radius 2 is 1.45 bits per heavy atom. The smallest absolute Gasteiger partial charge is 0.197 e. The number of hydrogen-bond acceptors (Lipinski definition) is 6. The van der Waals surface area contributed by atoms with Gasteiger partial charge in [0.15, 0.2) is 11.0 Å². The van der Waals surface area contributed by atoms with Crippen molar-refractivity contribution in [2.24, 2.45) is 0 Å². The Morgan fingerprint density at radius 1 is 0.839 bits per heavy atom. The van der Waals surface area contributed by atoms with Crippen molar-refractivity contribution in [3.05, 3.63) is 70.9 Å². The molecule has 0 aliphatic rings. The fourth-order valence-electron chi connectivity index (χ4n) is 3.57. The summed E-state index contributed by atoms with van der Waals surface area (Å²) in [6.07, 6.45) is 0. The summed E-state index contributed by atoms with van der Waals surface area (Å²) in [5, 5.41) is 9.94. The first-order valence-electron chi connectivity index (χ1n) is 9.73. The van der Waals surface area contributed by atoms with Gasteiger partial charge in [-0.15, -0.1) is 0 Å². The molecule has 4 aromatic rings. The fourth-order valence-corrected chi connectivity index (χ4v) is 3.57. The second-order valence-corrected chi connectivity index (χ2v) is 7.32. The van der Waals surface area contributed by atoms with Crippen LogP contribution < -0.4 is 19.8 Å². The summed E-state index contributed by atoms with van der Waals surface area (Å²) in [7, 11) is 7.02. The van der Waals surface area contributed by atoms with E-state index in [0.29, 0.717) is 39.4 Å². The van der Waals surface area contributed by atoms with Gasteiger partial charge in [-0.25, -0.2) is 0 Å². The summed E-state index contributed by atoms with van der Waals surface area (Å²) in [5.41, 5.74) is 3.39. The number of hydrogen-bond donors (Lipinski definition) is 1. The van der Waals surface area contributed by atoms with Crippen LogP contribution in [0.15, 0.2) is 69.9 Å². The van der Waals surface area contributed by atoms with Crippen LogP contribution in [0.4, 0.5) is 5.69 Å². The largest absolute Gasteiger partial charge is 0.508 e. The molecule has 1 heterocycles. The summed E-state index contributed by atoms with van der Waals surface area (Å²) in [4.78, 5) is 15.1. The van der Waals surface area contributed by atoms with Gasteiger partial charge in [0, 0.05) is 37.5 Å². The van der Waals surface area contributed by atoms with Crippen molar-refractivity contribution in [1.82, 2.24) is 0 Å². The lowest BCUT2D eigenvalue weighted by Crippen LogP contribution is -2.08. The van der Waals surface area contributed by atoms with Crippen molar-refractivity contribution in [3.8, 4) is 39.7 Å². The molecule has 0 atom stereocenters. The van der Waals surface area contributed by atoms with E-state index in [1.807, 2.05) is 43.3 Å². The molecule has 31 heavy (non-hydrogen) atoms. The summed E-state index contributed by atoms with van der Waals surface area (Å²) in [5.74, 6) is 1.44. The number of ether oxygens (including phenoxy) is 2. The van der Waals surface area contributed by atoms with Gasteiger partial charge in [0.25, 0.3) is 0 Å². The molecule has 158 valence electrons. The minimum absolute atomic E-state index is 0.136. The molecule has 0 aliphatic carbocycles. The Labute approximate surface area is 179 Å². The van der Waals surface area contributed by atoms with Gasteiger partial charge in [0.05, 0.1) is 19.8 Å². The van der Waals surface area contributed by atoms with E-state index < -0.39 is 0 Å². The first-order valence-corrected chi connectivity index (χ1v) is 9.73. The molecular weight excluding hydrogens is 394 g/mol. The molecule has 6 nitrogen and oxygen atoms in total. The molecule has 0 radical (unpaired) electrons. The fraction of sp³-hybridized carbons (Fsp3) is 0.160. The number of methoxy groups -OCH3 is 2. The van der Waals surface area contributed by atoms with Crippen molar-refractivity contribution in [3.63, 3.8) is 0 Å². The average molecular weight is 417 g/mol. The third kappa shape index (κ3) is 3.68. The molecule has 1 N–H and O–H groups in total. The van der Waals surface area contributed by atoms with Crippen molar-refractivity contribution in [2.45, 2.75) is 0 Å². The quantitative estimate of drug-likeness (QED) is 0.497. The number of anilines is 1. The van der Waals surface area contributed by atoms with Gasteiger partial charge in [-0.2, -0.15) is 0 Å². The topological polar surface area (TPSA) is 72.1 Å². The van der Waals surface area contributed by atoms with Crippen molar-refractivity contribution < 1.29 is 19.0 Å². The zero-order valence-corrected chi connectivity index (χ0v) is 17.8. The molecule has 0 spiro atoms. The lowest BCUT2D eigenvalue weighted by Gasteiger charge is -2.17. The van der Waals surface area contributed by atoms with E-state index in [0.717, 1.165) is 11.3 Å². The summed E-state index contributed by atoms with van der Waals surface area (Å²) in [6, 6.07) is 17.5. The predicted octanol–water partition coefficient (Wildman–Crippen LogP) is 4.92. The minimum Gasteiger partial charge on any atom is -0.508 e. The zero-order valence-electron chi connectivity index (χ0n) is 17.8. The van der Waals surface area contributed by atoms with E-state index in [1.54, 1.807) is 37.4 Å². The van der Waals surface area contributed by atoms with Crippen LogP contribution in [-0.2, 0) is 0 Å². The van der Waals surface area contributed by atoms with Crippen LogP contribution in [0.3, 0.4) is 0 Å². The number of benzene rings is 3. The molecule has 0 bridgehead atoms. The van der Waals surface area contributed by atoms with E-state index in [4.69, 9.17) is 13.9 Å². The summed E-state index contributed by atoms with van der Waals surface area (Å²) in [6.45, 7) is 0. The van der Waals surface area contributed by atoms with E-state index >= 15 is 0 Å². The molecule has 0 saturated heterocycles. The first kappa shape index (κ1) is 20.3. The first-order chi connectivity index (χ1) is 14.9. The maximum atomic E-state index is 13.1. The summed E-state index contributed by atoms with van der Waals surface area (Å²) >= 11 is 0. The van der Waals surface area contributed by atoms with E-state index in [1.165, 1.54) is 13.2 Å².